The van der Waals surface area contributed by atoms with Crippen LogP contribution in [-0.2, 0) is 4.79 Å². The van der Waals surface area contributed by atoms with Crippen LogP contribution in [0.15, 0.2) is 12.2 Å². The standard InChI is InChI=1S/C12H22O2/c1-4-10(2)7-5-6-8-11(3)9-12(13)14/h5-6,10-11H,4,7-9H2,1-3H3,(H,13,14). The lowest BCUT2D eigenvalue weighted by atomic mass is 10.0. The molecule has 2 nitrogen and oxygen atoms in total. The first-order valence-electron chi connectivity index (χ1n) is 5.43. The Balaban J connectivity index is 3.55. The fourth-order valence-corrected chi connectivity index (χ4v) is 1.21. The maximum Gasteiger partial charge on any atom is 0.303 e. The Morgan fingerprint density at radius 3 is 2.14 bits per heavy atom. The van der Waals surface area contributed by atoms with Gasteiger partial charge in [0.2, 0.25) is 0 Å². The first kappa shape index (κ1) is 13.2. The molecule has 0 aromatic rings. The van der Waals surface area contributed by atoms with Crippen LogP contribution in [0.2, 0.25) is 0 Å². The summed E-state index contributed by atoms with van der Waals surface area (Å²) in [6.07, 6.45) is 7.74. The molecule has 0 spiro atoms. The Bertz CT molecular complexity index is 185. The van der Waals surface area contributed by atoms with E-state index in [-0.39, 0.29) is 12.3 Å². The van der Waals surface area contributed by atoms with Gasteiger partial charge in [0.1, 0.15) is 0 Å². The number of rotatable bonds is 7. The maximum absolute atomic E-state index is 10.4. The number of aliphatic carboxylic acids is 1. The van der Waals surface area contributed by atoms with Gasteiger partial charge in [-0.15, -0.1) is 0 Å². The van der Waals surface area contributed by atoms with Crippen molar-refractivity contribution >= 4 is 5.97 Å². The molecule has 0 rings (SSSR count). The Morgan fingerprint density at radius 2 is 1.71 bits per heavy atom. The smallest absolute Gasteiger partial charge is 0.303 e. The summed E-state index contributed by atoms with van der Waals surface area (Å²) in [7, 11) is 0. The minimum atomic E-state index is -0.701. The van der Waals surface area contributed by atoms with Crippen molar-refractivity contribution in [3.05, 3.63) is 12.2 Å². The molecule has 2 unspecified atom stereocenters. The molecule has 0 aliphatic carbocycles. The molecule has 0 aliphatic rings. The number of carboxylic acids is 1. The van der Waals surface area contributed by atoms with Gasteiger partial charge in [-0.1, -0.05) is 39.3 Å². The molecule has 1 N–H and O–H groups in total. The average molecular weight is 198 g/mol. The molecule has 0 saturated carbocycles. The van der Waals surface area contributed by atoms with Gasteiger partial charge in [-0.3, -0.25) is 4.79 Å². The lowest BCUT2D eigenvalue weighted by Crippen LogP contribution is -2.02. The summed E-state index contributed by atoms with van der Waals surface area (Å²) < 4.78 is 0. The van der Waals surface area contributed by atoms with Crippen molar-refractivity contribution in [2.45, 2.75) is 46.5 Å². The largest absolute Gasteiger partial charge is 0.481 e. The minimum Gasteiger partial charge on any atom is -0.481 e. The van der Waals surface area contributed by atoms with Crippen LogP contribution in [0.1, 0.15) is 46.5 Å². The van der Waals surface area contributed by atoms with Gasteiger partial charge in [-0.25, -0.2) is 0 Å². The summed E-state index contributed by atoms with van der Waals surface area (Å²) in [5.74, 6) is 0.287. The second-order valence-corrected chi connectivity index (χ2v) is 4.16. The van der Waals surface area contributed by atoms with Crippen molar-refractivity contribution in [3.63, 3.8) is 0 Å². The number of carbonyl (C=O) groups is 1. The summed E-state index contributed by atoms with van der Waals surface area (Å²) in [4.78, 5) is 10.4. The summed E-state index contributed by atoms with van der Waals surface area (Å²) >= 11 is 0. The van der Waals surface area contributed by atoms with Crippen LogP contribution in [-0.4, -0.2) is 11.1 Å². The van der Waals surface area contributed by atoms with Gasteiger partial charge < -0.3 is 5.11 Å². The molecule has 0 aliphatic heterocycles. The van der Waals surface area contributed by atoms with Gasteiger partial charge >= 0.3 is 5.97 Å². The van der Waals surface area contributed by atoms with Gasteiger partial charge in [0.05, 0.1) is 0 Å². The zero-order valence-corrected chi connectivity index (χ0v) is 9.49. The molecule has 0 aromatic carbocycles. The quantitative estimate of drug-likeness (QED) is 0.636. The van der Waals surface area contributed by atoms with Crippen molar-refractivity contribution < 1.29 is 9.90 Å². The maximum atomic E-state index is 10.4. The predicted octanol–water partition coefficient (Wildman–Crippen LogP) is 3.48. The molecule has 14 heavy (non-hydrogen) atoms. The lowest BCUT2D eigenvalue weighted by molar-refractivity contribution is -0.137. The molecule has 0 amide bonds. The average Bonchev–Trinajstić information content (AvgIpc) is 2.10. The van der Waals surface area contributed by atoms with Gasteiger partial charge in [-0.2, -0.15) is 0 Å². The third-order valence-electron chi connectivity index (χ3n) is 2.46. The van der Waals surface area contributed by atoms with E-state index >= 15 is 0 Å². The Labute approximate surface area is 87.0 Å². The predicted molar refractivity (Wildman–Crippen MR) is 59.2 cm³/mol. The van der Waals surface area contributed by atoms with Crippen LogP contribution in [0.25, 0.3) is 0 Å². The second-order valence-electron chi connectivity index (χ2n) is 4.16. The van der Waals surface area contributed by atoms with Crippen LogP contribution in [0.5, 0.6) is 0 Å². The molecule has 0 aromatic heterocycles. The van der Waals surface area contributed by atoms with E-state index in [4.69, 9.17) is 5.11 Å². The first-order chi connectivity index (χ1) is 6.56. The number of hydrogen-bond acceptors (Lipinski definition) is 1. The van der Waals surface area contributed by atoms with E-state index in [1.807, 2.05) is 6.92 Å². The minimum absolute atomic E-state index is 0.251. The van der Waals surface area contributed by atoms with Gasteiger partial charge in [0.15, 0.2) is 0 Å². The molecule has 0 heterocycles. The van der Waals surface area contributed by atoms with Crippen molar-refractivity contribution in [2.75, 3.05) is 0 Å². The summed E-state index contributed by atoms with van der Waals surface area (Å²) in [6.45, 7) is 6.39. The van der Waals surface area contributed by atoms with E-state index in [0.29, 0.717) is 0 Å². The number of hydrogen-bond donors (Lipinski definition) is 1. The fraction of sp³-hybridized carbons (Fsp3) is 0.750. The van der Waals surface area contributed by atoms with Crippen molar-refractivity contribution in [1.29, 1.82) is 0 Å². The van der Waals surface area contributed by atoms with Crippen LogP contribution in [0.3, 0.4) is 0 Å². The Hall–Kier alpha value is -0.790. The second kappa shape index (κ2) is 7.60. The highest BCUT2D eigenvalue weighted by atomic mass is 16.4. The third kappa shape index (κ3) is 7.84. The van der Waals surface area contributed by atoms with Crippen molar-refractivity contribution in [3.8, 4) is 0 Å². The van der Waals surface area contributed by atoms with Crippen molar-refractivity contribution in [1.82, 2.24) is 0 Å². The van der Waals surface area contributed by atoms with Crippen LogP contribution in [0, 0.1) is 11.8 Å². The summed E-state index contributed by atoms with van der Waals surface area (Å²) in [5, 5.41) is 8.54. The highest BCUT2D eigenvalue weighted by molar-refractivity contribution is 5.66. The monoisotopic (exact) mass is 198 g/mol. The molecule has 82 valence electrons. The Kier molecular flexibility index (Phi) is 7.17. The molecule has 0 radical (unpaired) electrons. The number of allylic oxidation sites excluding steroid dienone is 2. The summed E-state index contributed by atoms with van der Waals surface area (Å²) in [5.41, 5.74) is 0. The normalized spacial score (nSPS) is 15.6. The highest BCUT2D eigenvalue weighted by Gasteiger charge is 2.04. The lowest BCUT2D eigenvalue weighted by Gasteiger charge is -2.05. The van der Waals surface area contributed by atoms with E-state index < -0.39 is 5.97 Å². The van der Waals surface area contributed by atoms with Crippen molar-refractivity contribution in [2.24, 2.45) is 11.8 Å². The highest BCUT2D eigenvalue weighted by Crippen LogP contribution is 2.11. The zero-order chi connectivity index (χ0) is 11.0. The Morgan fingerprint density at radius 1 is 1.21 bits per heavy atom. The number of carboxylic acid groups (broad SMARTS) is 1. The molecule has 0 saturated heterocycles. The molecule has 0 fully saturated rings. The molecule has 2 atom stereocenters. The molecular weight excluding hydrogens is 176 g/mol. The van der Waals surface area contributed by atoms with E-state index in [0.717, 1.165) is 18.8 Å². The van der Waals surface area contributed by atoms with Gasteiger partial charge in [0, 0.05) is 6.42 Å². The van der Waals surface area contributed by atoms with Gasteiger partial charge in [-0.05, 0) is 24.7 Å². The summed E-state index contributed by atoms with van der Waals surface area (Å²) in [6, 6.07) is 0. The van der Waals surface area contributed by atoms with Crippen LogP contribution >= 0.6 is 0 Å². The topological polar surface area (TPSA) is 37.3 Å². The van der Waals surface area contributed by atoms with E-state index in [2.05, 4.69) is 26.0 Å². The van der Waals surface area contributed by atoms with E-state index in [1.165, 1.54) is 6.42 Å². The van der Waals surface area contributed by atoms with E-state index in [9.17, 15) is 4.79 Å². The fourth-order valence-electron chi connectivity index (χ4n) is 1.21. The van der Waals surface area contributed by atoms with Crippen LogP contribution in [0.4, 0.5) is 0 Å². The molecular formula is C12H22O2. The third-order valence-corrected chi connectivity index (χ3v) is 2.46. The molecule has 0 bridgehead atoms. The first-order valence-corrected chi connectivity index (χ1v) is 5.43. The SMILES string of the molecule is CCC(C)CC=CCC(C)CC(=O)O. The molecule has 2 heteroatoms. The van der Waals surface area contributed by atoms with Gasteiger partial charge in [0.25, 0.3) is 0 Å². The van der Waals surface area contributed by atoms with Crippen LogP contribution < -0.4 is 0 Å². The zero-order valence-electron chi connectivity index (χ0n) is 9.49. The van der Waals surface area contributed by atoms with E-state index in [1.54, 1.807) is 0 Å².